The standard InChI is InChI=1S/C7H5Br3S/c8-4-1-6(11-3-4)5-2-7(5,9)10/h1,3,5H,2H2. The third-order valence-corrected chi connectivity index (χ3v) is 5.32. The fourth-order valence-electron chi connectivity index (χ4n) is 1.03. The van der Waals surface area contributed by atoms with Crippen LogP contribution in [0.4, 0.5) is 0 Å². The van der Waals surface area contributed by atoms with Crippen molar-refractivity contribution in [1.82, 2.24) is 0 Å². The van der Waals surface area contributed by atoms with Gasteiger partial charge in [-0.3, -0.25) is 0 Å². The molecule has 1 aliphatic carbocycles. The second-order valence-corrected chi connectivity index (χ2v) is 8.44. The molecule has 1 aromatic rings. The smallest absolute Gasteiger partial charge is 0.0889 e. The van der Waals surface area contributed by atoms with Gasteiger partial charge in [-0.15, -0.1) is 11.3 Å². The van der Waals surface area contributed by atoms with Crippen molar-refractivity contribution in [3.05, 3.63) is 20.8 Å². The highest BCUT2D eigenvalue weighted by molar-refractivity contribution is 9.25. The monoisotopic (exact) mass is 358 g/mol. The van der Waals surface area contributed by atoms with Crippen molar-refractivity contribution in [3.63, 3.8) is 0 Å². The second-order valence-electron chi connectivity index (χ2n) is 2.69. The molecule has 0 amide bonds. The molecular formula is C7H5Br3S. The lowest BCUT2D eigenvalue weighted by atomic mass is 10.3. The number of hydrogen-bond donors (Lipinski definition) is 0. The van der Waals surface area contributed by atoms with Gasteiger partial charge in [-0.05, 0) is 28.4 Å². The van der Waals surface area contributed by atoms with Gasteiger partial charge in [0.25, 0.3) is 0 Å². The van der Waals surface area contributed by atoms with E-state index in [1.165, 1.54) is 15.8 Å². The van der Waals surface area contributed by atoms with Gasteiger partial charge in [0, 0.05) is 20.6 Å². The molecule has 4 heteroatoms. The number of rotatable bonds is 1. The average Bonchev–Trinajstić information content (AvgIpc) is 2.39. The van der Waals surface area contributed by atoms with Crippen molar-refractivity contribution in [2.24, 2.45) is 0 Å². The Hall–Kier alpha value is 1.14. The molecular weight excluding hydrogens is 356 g/mol. The summed E-state index contributed by atoms with van der Waals surface area (Å²) in [5.74, 6) is 0.666. The lowest BCUT2D eigenvalue weighted by molar-refractivity contribution is 1.18. The third-order valence-electron chi connectivity index (χ3n) is 1.76. The molecule has 0 aromatic carbocycles. The van der Waals surface area contributed by atoms with Crippen LogP contribution in [0.2, 0.25) is 0 Å². The van der Waals surface area contributed by atoms with Crippen LogP contribution in [0.15, 0.2) is 15.9 Å². The second kappa shape index (κ2) is 2.82. The van der Waals surface area contributed by atoms with Crippen molar-refractivity contribution in [2.45, 2.75) is 15.6 Å². The van der Waals surface area contributed by atoms with Gasteiger partial charge in [0.2, 0.25) is 0 Å². The summed E-state index contributed by atoms with van der Waals surface area (Å²) in [4.78, 5) is 1.45. The summed E-state index contributed by atoms with van der Waals surface area (Å²) in [6.07, 6.45) is 1.19. The molecule has 2 rings (SSSR count). The van der Waals surface area contributed by atoms with Crippen molar-refractivity contribution in [1.29, 1.82) is 0 Å². The minimum atomic E-state index is 0.199. The minimum Gasteiger partial charge on any atom is -0.147 e. The summed E-state index contributed by atoms with van der Waals surface area (Å²) in [5.41, 5.74) is 0. The molecule has 1 saturated carbocycles. The van der Waals surface area contributed by atoms with Crippen LogP contribution in [0.5, 0.6) is 0 Å². The van der Waals surface area contributed by atoms with Gasteiger partial charge in [0.05, 0.1) is 3.23 Å². The van der Waals surface area contributed by atoms with Crippen LogP contribution in [-0.2, 0) is 0 Å². The Labute approximate surface area is 94.8 Å². The molecule has 1 aromatic heterocycles. The third kappa shape index (κ3) is 1.74. The Morgan fingerprint density at radius 2 is 2.18 bits per heavy atom. The maximum Gasteiger partial charge on any atom is 0.0889 e. The van der Waals surface area contributed by atoms with E-state index in [2.05, 4.69) is 59.2 Å². The van der Waals surface area contributed by atoms with Gasteiger partial charge in [-0.2, -0.15) is 0 Å². The molecule has 1 heterocycles. The Morgan fingerprint density at radius 1 is 1.55 bits per heavy atom. The fourth-order valence-corrected chi connectivity index (χ4v) is 4.12. The van der Waals surface area contributed by atoms with E-state index in [0.717, 1.165) is 0 Å². The van der Waals surface area contributed by atoms with Crippen LogP contribution in [0.1, 0.15) is 17.2 Å². The van der Waals surface area contributed by atoms with E-state index in [-0.39, 0.29) is 3.23 Å². The van der Waals surface area contributed by atoms with Crippen molar-refractivity contribution >= 4 is 59.1 Å². The van der Waals surface area contributed by atoms with E-state index >= 15 is 0 Å². The van der Waals surface area contributed by atoms with E-state index in [4.69, 9.17) is 0 Å². The summed E-state index contributed by atoms with van der Waals surface area (Å²) < 4.78 is 1.39. The quantitative estimate of drug-likeness (QED) is 0.647. The zero-order valence-electron chi connectivity index (χ0n) is 5.48. The molecule has 1 atom stereocenters. The van der Waals surface area contributed by atoms with E-state index < -0.39 is 0 Å². The highest BCUT2D eigenvalue weighted by atomic mass is 79.9. The molecule has 0 N–H and O–H groups in total. The molecule has 0 spiro atoms. The van der Waals surface area contributed by atoms with Crippen LogP contribution in [0.25, 0.3) is 0 Å². The Balaban J connectivity index is 2.20. The molecule has 1 unspecified atom stereocenters. The summed E-state index contributed by atoms with van der Waals surface area (Å²) in [6, 6.07) is 2.19. The Kier molecular flexibility index (Phi) is 2.24. The summed E-state index contributed by atoms with van der Waals surface area (Å²) in [6.45, 7) is 0. The number of thiophene rings is 1. The van der Waals surface area contributed by atoms with E-state index in [1.807, 2.05) is 11.3 Å². The number of alkyl halides is 2. The predicted octanol–water partition coefficient (Wildman–Crippen LogP) is 4.48. The molecule has 0 bridgehead atoms. The maximum atomic E-state index is 3.61. The van der Waals surface area contributed by atoms with Crippen molar-refractivity contribution < 1.29 is 0 Å². The van der Waals surface area contributed by atoms with Gasteiger partial charge < -0.3 is 0 Å². The lowest BCUT2D eigenvalue weighted by Gasteiger charge is -1.94. The first-order valence-corrected chi connectivity index (χ1v) is 6.47. The van der Waals surface area contributed by atoms with Crippen molar-refractivity contribution in [3.8, 4) is 0 Å². The van der Waals surface area contributed by atoms with E-state index in [1.54, 1.807) is 0 Å². The zero-order valence-corrected chi connectivity index (χ0v) is 11.1. The maximum absolute atomic E-state index is 3.61. The molecule has 60 valence electrons. The zero-order chi connectivity index (χ0) is 8.06. The molecule has 1 fully saturated rings. The number of hydrogen-bond acceptors (Lipinski definition) is 1. The Bertz CT molecular complexity index is 279. The van der Waals surface area contributed by atoms with Crippen LogP contribution in [0, 0.1) is 0 Å². The Morgan fingerprint density at radius 3 is 2.55 bits per heavy atom. The van der Waals surface area contributed by atoms with Gasteiger partial charge in [-0.25, -0.2) is 0 Å². The predicted molar refractivity (Wildman–Crippen MR) is 60.0 cm³/mol. The molecule has 11 heavy (non-hydrogen) atoms. The summed E-state index contributed by atoms with van der Waals surface area (Å²) >= 11 is 12.5. The normalized spacial score (nSPS) is 27.0. The minimum absolute atomic E-state index is 0.199. The summed E-state index contributed by atoms with van der Waals surface area (Å²) in [7, 11) is 0. The van der Waals surface area contributed by atoms with Gasteiger partial charge >= 0.3 is 0 Å². The number of halogens is 3. The van der Waals surface area contributed by atoms with Crippen molar-refractivity contribution in [2.75, 3.05) is 0 Å². The fraction of sp³-hybridized carbons (Fsp3) is 0.429. The molecule has 0 aliphatic heterocycles. The van der Waals surface area contributed by atoms with Crippen LogP contribution < -0.4 is 0 Å². The average molecular weight is 361 g/mol. The SMILES string of the molecule is Brc1csc(C2CC2(Br)Br)c1. The molecule has 0 radical (unpaired) electrons. The molecule has 0 nitrogen and oxygen atoms in total. The first kappa shape index (κ1) is 8.73. The first-order chi connectivity index (χ1) is 5.09. The van der Waals surface area contributed by atoms with Gasteiger partial charge in [0.1, 0.15) is 0 Å². The van der Waals surface area contributed by atoms with Gasteiger partial charge in [-0.1, -0.05) is 31.9 Å². The highest BCUT2D eigenvalue weighted by Gasteiger charge is 2.51. The molecule has 1 aliphatic rings. The van der Waals surface area contributed by atoms with Gasteiger partial charge in [0.15, 0.2) is 0 Å². The van der Waals surface area contributed by atoms with E-state index in [0.29, 0.717) is 5.92 Å². The van der Waals surface area contributed by atoms with Crippen LogP contribution in [-0.4, -0.2) is 3.23 Å². The van der Waals surface area contributed by atoms with E-state index in [9.17, 15) is 0 Å². The van der Waals surface area contributed by atoms with Crippen LogP contribution >= 0.6 is 59.1 Å². The lowest BCUT2D eigenvalue weighted by Crippen LogP contribution is -1.83. The topological polar surface area (TPSA) is 0 Å². The summed E-state index contributed by atoms with van der Waals surface area (Å²) in [5, 5.41) is 2.13. The molecule has 0 saturated heterocycles. The largest absolute Gasteiger partial charge is 0.147 e. The highest BCUT2D eigenvalue weighted by Crippen LogP contribution is 2.63. The first-order valence-electron chi connectivity index (χ1n) is 3.21. The van der Waals surface area contributed by atoms with Crippen LogP contribution in [0.3, 0.4) is 0 Å².